The summed E-state index contributed by atoms with van der Waals surface area (Å²) in [5.74, 6) is -0.564. The van der Waals surface area contributed by atoms with E-state index in [-0.39, 0.29) is 5.75 Å². The molecule has 5 heteroatoms. The molecule has 0 saturated heterocycles. The van der Waals surface area contributed by atoms with Gasteiger partial charge in [0.15, 0.2) is 9.84 Å². The molecule has 0 bridgehead atoms. The number of hydrogen-bond acceptors (Lipinski definition) is 3. The third-order valence-electron chi connectivity index (χ3n) is 3.57. The Balaban J connectivity index is 2.16. The summed E-state index contributed by atoms with van der Waals surface area (Å²) >= 11 is 0. The number of amides is 1. The van der Waals surface area contributed by atoms with Gasteiger partial charge >= 0.3 is 0 Å². The summed E-state index contributed by atoms with van der Waals surface area (Å²) < 4.78 is 24.9. The van der Waals surface area contributed by atoms with Gasteiger partial charge in [-0.05, 0) is 24.6 Å². The topological polar surface area (TPSA) is 54.5 Å². The summed E-state index contributed by atoms with van der Waals surface area (Å²) in [6.07, 6.45) is 0. The predicted molar refractivity (Wildman–Crippen MR) is 88.4 cm³/mol. The lowest BCUT2D eigenvalue weighted by Crippen LogP contribution is -2.39. The number of sulfone groups is 1. The molecule has 2 aromatic carbocycles. The molecule has 0 radical (unpaired) electrons. The van der Waals surface area contributed by atoms with Crippen LogP contribution >= 0.6 is 0 Å². The Labute approximate surface area is 131 Å². The molecule has 0 aliphatic heterocycles. The van der Waals surface area contributed by atoms with Crippen LogP contribution in [0.2, 0.25) is 0 Å². The number of para-hydroxylation sites is 1. The quantitative estimate of drug-likeness (QED) is 0.852. The number of benzene rings is 2. The third-order valence-corrected chi connectivity index (χ3v) is 5.59. The average molecular weight is 317 g/mol. The number of carbonyl (C=O) groups excluding carboxylic acids is 1. The summed E-state index contributed by atoms with van der Waals surface area (Å²) in [6, 6.07) is 17.9. The number of anilines is 1. The number of carbonyl (C=O) groups is 1. The van der Waals surface area contributed by atoms with E-state index in [0.717, 1.165) is 0 Å². The monoisotopic (exact) mass is 317 g/mol. The first-order valence-electron chi connectivity index (χ1n) is 7.00. The minimum absolute atomic E-state index is 0.136. The molecular formula is C17H19NO3S. The Morgan fingerprint density at radius 2 is 1.50 bits per heavy atom. The fourth-order valence-corrected chi connectivity index (χ4v) is 3.51. The van der Waals surface area contributed by atoms with Crippen LogP contribution in [0.5, 0.6) is 0 Å². The molecule has 2 aromatic rings. The molecule has 2 rings (SSSR count). The maximum atomic E-state index is 12.4. The Kier molecular flexibility index (Phi) is 4.98. The highest BCUT2D eigenvalue weighted by Gasteiger charge is 2.30. The molecule has 0 aliphatic rings. The van der Waals surface area contributed by atoms with E-state index in [4.69, 9.17) is 0 Å². The molecule has 1 amide bonds. The minimum Gasteiger partial charge on any atom is -0.314 e. The molecule has 0 fully saturated rings. The molecule has 0 N–H and O–H groups in total. The molecule has 116 valence electrons. The molecule has 0 heterocycles. The predicted octanol–water partition coefficient (Wildman–Crippen LogP) is 2.65. The van der Waals surface area contributed by atoms with Crippen LogP contribution in [0.1, 0.15) is 12.5 Å². The third kappa shape index (κ3) is 3.74. The second-order valence-corrected chi connectivity index (χ2v) is 7.49. The lowest BCUT2D eigenvalue weighted by molar-refractivity contribution is -0.117. The van der Waals surface area contributed by atoms with Crippen molar-refractivity contribution in [1.29, 1.82) is 0 Å². The van der Waals surface area contributed by atoms with Gasteiger partial charge in [0.25, 0.3) is 0 Å². The van der Waals surface area contributed by atoms with Crippen molar-refractivity contribution in [3.05, 3.63) is 66.2 Å². The highest BCUT2D eigenvalue weighted by molar-refractivity contribution is 7.92. The summed E-state index contributed by atoms with van der Waals surface area (Å²) in [4.78, 5) is 13.8. The molecular weight excluding hydrogens is 298 g/mol. The van der Waals surface area contributed by atoms with E-state index in [1.54, 1.807) is 43.4 Å². The standard InChI is InChI=1S/C17H19NO3S/c1-14(17(19)18(2)16-11-7-4-8-12-16)22(20,21)13-15-9-5-3-6-10-15/h3-12,14H,13H2,1-2H3/t14-/m1/s1. The van der Waals surface area contributed by atoms with E-state index in [9.17, 15) is 13.2 Å². The van der Waals surface area contributed by atoms with Gasteiger partial charge in [0.2, 0.25) is 5.91 Å². The highest BCUT2D eigenvalue weighted by atomic mass is 32.2. The fraction of sp³-hybridized carbons (Fsp3) is 0.235. The normalized spacial score (nSPS) is 12.6. The molecule has 0 aromatic heterocycles. The summed E-state index contributed by atoms with van der Waals surface area (Å²) in [5.41, 5.74) is 1.36. The van der Waals surface area contributed by atoms with Crippen molar-refractivity contribution in [1.82, 2.24) is 0 Å². The van der Waals surface area contributed by atoms with Crippen LogP contribution in [-0.4, -0.2) is 26.6 Å². The van der Waals surface area contributed by atoms with E-state index in [0.29, 0.717) is 11.3 Å². The maximum absolute atomic E-state index is 12.4. The van der Waals surface area contributed by atoms with Crippen LogP contribution in [0.4, 0.5) is 5.69 Å². The molecule has 0 saturated carbocycles. The second kappa shape index (κ2) is 6.75. The summed E-state index contributed by atoms with van der Waals surface area (Å²) in [7, 11) is -1.97. The summed E-state index contributed by atoms with van der Waals surface area (Å²) in [6.45, 7) is 1.44. The van der Waals surface area contributed by atoms with Crippen LogP contribution in [0, 0.1) is 0 Å². The Bertz CT molecular complexity index is 727. The van der Waals surface area contributed by atoms with Crippen molar-refractivity contribution < 1.29 is 13.2 Å². The smallest absolute Gasteiger partial charge is 0.244 e. The van der Waals surface area contributed by atoms with Gasteiger partial charge in [-0.1, -0.05) is 48.5 Å². The van der Waals surface area contributed by atoms with Crippen molar-refractivity contribution in [2.45, 2.75) is 17.9 Å². The molecule has 4 nitrogen and oxygen atoms in total. The van der Waals surface area contributed by atoms with Crippen LogP contribution in [0.25, 0.3) is 0 Å². The Hall–Kier alpha value is -2.14. The first-order valence-corrected chi connectivity index (χ1v) is 8.71. The fourth-order valence-electron chi connectivity index (χ4n) is 2.14. The van der Waals surface area contributed by atoms with Crippen LogP contribution in [-0.2, 0) is 20.4 Å². The Morgan fingerprint density at radius 1 is 1.00 bits per heavy atom. The van der Waals surface area contributed by atoms with Crippen molar-refractivity contribution in [2.24, 2.45) is 0 Å². The van der Waals surface area contributed by atoms with Crippen LogP contribution in [0.15, 0.2) is 60.7 Å². The van der Waals surface area contributed by atoms with Crippen molar-refractivity contribution in [2.75, 3.05) is 11.9 Å². The maximum Gasteiger partial charge on any atom is 0.244 e. The largest absolute Gasteiger partial charge is 0.314 e. The number of hydrogen-bond donors (Lipinski definition) is 0. The van der Waals surface area contributed by atoms with E-state index in [1.807, 2.05) is 24.3 Å². The van der Waals surface area contributed by atoms with Gasteiger partial charge in [0, 0.05) is 12.7 Å². The average Bonchev–Trinajstić information content (AvgIpc) is 2.54. The number of rotatable bonds is 5. The molecule has 0 unspecified atom stereocenters. The van der Waals surface area contributed by atoms with Crippen molar-refractivity contribution in [3.63, 3.8) is 0 Å². The lowest BCUT2D eigenvalue weighted by atomic mass is 10.2. The van der Waals surface area contributed by atoms with Gasteiger partial charge < -0.3 is 4.90 Å². The van der Waals surface area contributed by atoms with Crippen molar-refractivity contribution in [3.8, 4) is 0 Å². The highest BCUT2D eigenvalue weighted by Crippen LogP contribution is 2.17. The molecule has 1 atom stereocenters. The molecule has 0 aliphatic carbocycles. The Morgan fingerprint density at radius 3 is 2.05 bits per heavy atom. The van der Waals surface area contributed by atoms with Gasteiger partial charge in [-0.2, -0.15) is 0 Å². The van der Waals surface area contributed by atoms with E-state index in [2.05, 4.69) is 0 Å². The van der Waals surface area contributed by atoms with Crippen LogP contribution < -0.4 is 4.90 Å². The lowest BCUT2D eigenvalue weighted by Gasteiger charge is -2.21. The van der Waals surface area contributed by atoms with E-state index < -0.39 is 21.0 Å². The zero-order chi connectivity index (χ0) is 16.2. The first-order chi connectivity index (χ1) is 10.4. The molecule has 0 spiro atoms. The van der Waals surface area contributed by atoms with E-state index in [1.165, 1.54) is 11.8 Å². The van der Waals surface area contributed by atoms with Crippen molar-refractivity contribution >= 4 is 21.4 Å². The van der Waals surface area contributed by atoms with Gasteiger partial charge in [-0.15, -0.1) is 0 Å². The second-order valence-electron chi connectivity index (χ2n) is 5.17. The van der Waals surface area contributed by atoms with Gasteiger partial charge in [-0.25, -0.2) is 8.42 Å². The first kappa shape index (κ1) is 16.2. The van der Waals surface area contributed by atoms with Gasteiger partial charge in [-0.3, -0.25) is 4.79 Å². The van der Waals surface area contributed by atoms with E-state index >= 15 is 0 Å². The number of nitrogens with zero attached hydrogens (tertiary/aromatic N) is 1. The molecule has 22 heavy (non-hydrogen) atoms. The SMILES string of the molecule is C[C@H](C(=O)N(C)c1ccccc1)S(=O)(=O)Cc1ccccc1. The zero-order valence-corrected chi connectivity index (χ0v) is 13.5. The van der Waals surface area contributed by atoms with Gasteiger partial charge in [0.1, 0.15) is 5.25 Å². The minimum atomic E-state index is -3.56. The zero-order valence-electron chi connectivity index (χ0n) is 12.6. The van der Waals surface area contributed by atoms with Crippen LogP contribution in [0.3, 0.4) is 0 Å². The summed E-state index contributed by atoms with van der Waals surface area (Å²) in [5, 5.41) is -1.09. The van der Waals surface area contributed by atoms with Gasteiger partial charge in [0.05, 0.1) is 5.75 Å².